The Labute approximate surface area is 159 Å². The van der Waals surface area contributed by atoms with Crippen molar-refractivity contribution in [1.29, 1.82) is 0 Å². The van der Waals surface area contributed by atoms with Gasteiger partial charge in [-0.1, -0.05) is 25.0 Å². The number of hydrogen-bond donors (Lipinski definition) is 2. The van der Waals surface area contributed by atoms with E-state index in [-0.39, 0.29) is 17.9 Å². The standard InChI is InChI=1S/C21H27NO3S/c1-15-6-5-7-17(12-15)25-13-20(24)22-14-21(10-3-4-11-21)19-9-8-18(26-19)16(2)23/h5-9,12,16,23H,3-4,10-11,13-14H2,1-2H3,(H,22,24). The SMILES string of the molecule is Cc1cccc(OCC(=O)NCC2(c3ccc(C(C)O)s3)CCCC2)c1. The first-order chi connectivity index (χ1) is 12.5. The Morgan fingerprint density at radius 1 is 1.31 bits per heavy atom. The quantitative estimate of drug-likeness (QED) is 0.768. The molecule has 1 saturated carbocycles. The summed E-state index contributed by atoms with van der Waals surface area (Å²) in [6.07, 6.45) is 4.07. The van der Waals surface area contributed by atoms with Gasteiger partial charge in [0, 0.05) is 21.7 Å². The van der Waals surface area contributed by atoms with Gasteiger partial charge in [0.05, 0.1) is 6.10 Å². The van der Waals surface area contributed by atoms with Crippen molar-refractivity contribution in [3.63, 3.8) is 0 Å². The highest BCUT2D eigenvalue weighted by Crippen LogP contribution is 2.44. The van der Waals surface area contributed by atoms with Crippen molar-refractivity contribution in [2.24, 2.45) is 0 Å². The van der Waals surface area contributed by atoms with Crippen LogP contribution in [-0.4, -0.2) is 24.2 Å². The van der Waals surface area contributed by atoms with Crippen LogP contribution in [0.2, 0.25) is 0 Å². The summed E-state index contributed by atoms with van der Waals surface area (Å²) in [7, 11) is 0. The average Bonchev–Trinajstić information content (AvgIpc) is 3.28. The van der Waals surface area contributed by atoms with Gasteiger partial charge in [0.2, 0.25) is 0 Å². The molecule has 1 unspecified atom stereocenters. The lowest BCUT2D eigenvalue weighted by Crippen LogP contribution is -2.40. The molecule has 1 aromatic carbocycles. The number of hydrogen-bond acceptors (Lipinski definition) is 4. The monoisotopic (exact) mass is 373 g/mol. The van der Waals surface area contributed by atoms with Crippen molar-refractivity contribution in [1.82, 2.24) is 5.32 Å². The van der Waals surface area contributed by atoms with Gasteiger partial charge in [-0.05, 0) is 56.5 Å². The molecule has 1 aliphatic carbocycles. The van der Waals surface area contributed by atoms with E-state index in [0.717, 1.165) is 29.0 Å². The second-order valence-corrected chi connectivity index (χ2v) is 8.36. The predicted octanol–water partition coefficient (Wildman–Crippen LogP) is 4.12. The lowest BCUT2D eigenvalue weighted by atomic mass is 9.84. The minimum Gasteiger partial charge on any atom is -0.484 e. The van der Waals surface area contributed by atoms with Crippen molar-refractivity contribution < 1.29 is 14.6 Å². The number of carbonyl (C=O) groups is 1. The van der Waals surface area contributed by atoms with Crippen molar-refractivity contribution in [2.45, 2.75) is 51.0 Å². The summed E-state index contributed by atoms with van der Waals surface area (Å²) < 4.78 is 5.60. The average molecular weight is 374 g/mol. The van der Waals surface area contributed by atoms with E-state index in [9.17, 15) is 9.90 Å². The van der Waals surface area contributed by atoms with Crippen LogP contribution in [0.15, 0.2) is 36.4 Å². The zero-order chi connectivity index (χ0) is 18.6. The van der Waals surface area contributed by atoms with Gasteiger partial charge in [-0.2, -0.15) is 0 Å². The van der Waals surface area contributed by atoms with Crippen LogP contribution in [-0.2, 0) is 10.2 Å². The Morgan fingerprint density at radius 3 is 2.73 bits per heavy atom. The summed E-state index contributed by atoms with van der Waals surface area (Å²) in [5, 5.41) is 12.9. The van der Waals surface area contributed by atoms with Crippen LogP contribution in [0.25, 0.3) is 0 Å². The third kappa shape index (κ3) is 4.46. The van der Waals surface area contributed by atoms with E-state index >= 15 is 0 Å². The number of thiophene rings is 1. The number of ether oxygens (including phenoxy) is 1. The molecule has 2 N–H and O–H groups in total. The van der Waals surface area contributed by atoms with Crippen molar-refractivity contribution in [3.05, 3.63) is 51.7 Å². The Morgan fingerprint density at radius 2 is 2.08 bits per heavy atom. The predicted molar refractivity (Wildman–Crippen MR) is 105 cm³/mol. The number of rotatable bonds is 7. The van der Waals surface area contributed by atoms with Crippen LogP contribution in [0, 0.1) is 6.92 Å². The number of aliphatic hydroxyl groups excluding tert-OH is 1. The molecule has 0 bridgehead atoms. The summed E-state index contributed by atoms with van der Waals surface area (Å²) >= 11 is 1.67. The number of benzene rings is 1. The van der Waals surface area contributed by atoms with E-state index < -0.39 is 6.10 Å². The van der Waals surface area contributed by atoms with Gasteiger partial charge in [-0.15, -0.1) is 11.3 Å². The lowest BCUT2D eigenvalue weighted by Gasteiger charge is -2.28. The van der Waals surface area contributed by atoms with Crippen molar-refractivity contribution in [2.75, 3.05) is 13.2 Å². The molecule has 1 heterocycles. The minimum atomic E-state index is -0.440. The maximum absolute atomic E-state index is 12.3. The molecule has 1 aromatic heterocycles. The highest BCUT2D eigenvalue weighted by Gasteiger charge is 2.37. The zero-order valence-electron chi connectivity index (χ0n) is 15.5. The largest absolute Gasteiger partial charge is 0.484 e. The van der Waals surface area contributed by atoms with Crippen LogP contribution >= 0.6 is 11.3 Å². The fourth-order valence-corrected chi connectivity index (χ4v) is 4.79. The third-order valence-corrected chi connectivity index (χ3v) is 6.61. The topological polar surface area (TPSA) is 58.6 Å². The molecular weight excluding hydrogens is 346 g/mol. The van der Waals surface area contributed by atoms with E-state index in [1.807, 2.05) is 37.3 Å². The first-order valence-electron chi connectivity index (χ1n) is 9.23. The molecule has 0 saturated heterocycles. The van der Waals surface area contributed by atoms with Gasteiger partial charge in [0.25, 0.3) is 5.91 Å². The summed E-state index contributed by atoms with van der Waals surface area (Å²) in [5.74, 6) is 0.626. The highest BCUT2D eigenvalue weighted by molar-refractivity contribution is 7.12. The fourth-order valence-electron chi connectivity index (χ4n) is 3.60. The molecule has 5 heteroatoms. The lowest BCUT2D eigenvalue weighted by molar-refractivity contribution is -0.123. The Bertz CT molecular complexity index is 747. The zero-order valence-corrected chi connectivity index (χ0v) is 16.3. The normalized spacial score (nSPS) is 17.0. The number of amides is 1. The molecule has 1 atom stereocenters. The molecule has 4 nitrogen and oxygen atoms in total. The second-order valence-electron chi connectivity index (χ2n) is 7.25. The van der Waals surface area contributed by atoms with Gasteiger partial charge in [0.1, 0.15) is 5.75 Å². The van der Waals surface area contributed by atoms with Crippen LogP contribution in [0.1, 0.15) is 54.0 Å². The summed E-state index contributed by atoms with van der Waals surface area (Å²) in [6.45, 7) is 4.45. The third-order valence-electron chi connectivity index (χ3n) is 5.11. The Hall–Kier alpha value is -1.85. The molecule has 0 spiro atoms. The number of aryl methyl sites for hydroxylation is 1. The number of nitrogens with one attached hydrogen (secondary N) is 1. The van der Waals surface area contributed by atoms with Gasteiger partial charge >= 0.3 is 0 Å². The molecule has 0 radical (unpaired) electrons. The molecule has 1 amide bonds. The van der Waals surface area contributed by atoms with Crippen LogP contribution in [0.4, 0.5) is 0 Å². The van der Waals surface area contributed by atoms with E-state index in [1.54, 1.807) is 18.3 Å². The smallest absolute Gasteiger partial charge is 0.257 e. The minimum absolute atomic E-state index is 0.00317. The first kappa shape index (κ1) is 18.9. The van der Waals surface area contributed by atoms with E-state index in [1.165, 1.54) is 17.7 Å². The molecule has 0 aliphatic heterocycles. The number of carbonyl (C=O) groups excluding carboxylic acids is 1. The molecule has 1 aliphatic rings. The van der Waals surface area contributed by atoms with Gasteiger partial charge in [-0.25, -0.2) is 0 Å². The maximum Gasteiger partial charge on any atom is 0.257 e. The Kier molecular flexibility index (Phi) is 5.99. The first-order valence-corrected chi connectivity index (χ1v) is 10.0. The van der Waals surface area contributed by atoms with E-state index in [0.29, 0.717) is 6.54 Å². The van der Waals surface area contributed by atoms with Crippen molar-refractivity contribution in [3.8, 4) is 5.75 Å². The number of aliphatic hydroxyl groups is 1. The van der Waals surface area contributed by atoms with Crippen LogP contribution in [0.3, 0.4) is 0 Å². The van der Waals surface area contributed by atoms with Crippen LogP contribution < -0.4 is 10.1 Å². The molecule has 140 valence electrons. The molecular formula is C21H27NO3S. The summed E-state index contributed by atoms with van der Waals surface area (Å²) in [5.41, 5.74) is 1.11. The Balaban J connectivity index is 1.59. The highest BCUT2D eigenvalue weighted by atomic mass is 32.1. The van der Waals surface area contributed by atoms with Gasteiger partial charge in [-0.3, -0.25) is 4.79 Å². The van der Waals surface area contributed by atoms with Crippen LogP contribution in [0.5, 0.6) is 5.75 Å². The molecule has 1 fully saturated rings. The summed E-state index contributed by atoms with van der Waals surface area (Å²) in [6, 6.07) is 11.8. The summed E-state index contributed by atoms with van der Waals surface area (Å²) in [4.78, 5) is 14.5. The fraction of sp³-hybridized carbons (Fsp3) is 0.476. The molecule has 3 rings (SSSR count). The second kappa shape index (κ2) is 8.23. The molecule has 26 heavy (non-hydrogen) atoms. The maximum atomic E-state index is 12.3. The van der Waals surface area contributed by atoms with Crippen molar-refractivity contribution >= 4 is 17.2 Å². The van der Waals surface area contributed by atoms with E-state index in [4.69, 9.17) is 4.74 Å². The van der Waals surface area contributed by atoms with Gasteiger partial charge in [0.15, 0.2) is 6.61 Å². The van der Waals surface area contributed by atoms with Gasteiger partial charge < -0.3 is 15.2 Å². The van der Waals surface area contributed by atoms with E-state index in [2.05, 4.69) is 11.4 Å². The molecule has 2 aromatic rings.